The van der Waals surface area contributed by atoms with Crippen LogP contribution in [-0.4, -0.2) is 25.1 Å². The van der Waals surface area contributed by atoms with Crippen LogP contribution in [0.15, 0.2) is 42.1 Å². The van der Waals surface area contributed by atoms with Gasteiger partial charge in [0.1, 0.15) is 5.75 Å². The molecule has 0 aliphatic carbocycles. The van der Waals surface area contributed by atoms with Crippen molar-refractivity contribution in [3.8, 4) is 17.1 Å². The largest absolute Gasteiger partial charge is 0.507 e. The van der Waals surface area contributed by atoms with E-state index < -0.39 is 0 Å². The topological polar surface area (TPSA) is 50.9 Å². The van der Waals surface area contributed by atoms with Gasteiger partial charge in [0.25, 0.3) is 0 Å². The molecule has 0 saturated heterocycles. The summed E-state index contributed by atoms with van der Waals surface area (Å²) in [6.45, 7) is 8.60. The highest BCUT2D eigenvalue weighted by atomic mass is 32.2. The van der Waals surface area contributed by atoms with E-state index in [4.69, 9.17) is 0 Å². The van der Waals surface area contributed by atoms with E-state index in [-0.39, 0.29) is 5.75 Å². The molecule has 4 nitrogen and oxygen atoms in total. The van der Waals surface area contributed by atoms with Crippen LogP contribution in [0.2, 0.25) is 0 Å². The molecule has 0 spiro atoms. The zero-order chi connectivity index (χ0) is 13.8. The molecule has 2 rings (SSSR count). The normalized spacial score (nSPS) is 10.9. The highest BCUT2D eigenvalue weighted by Crippen LogP contribution is 2.31. The fourth-order valence-corrected chi connectivity index (χ4v) is 2.54. The van der Waals surface area contributed by atoms with E-state index in [1.807, 2.05) is 16.7 Å². The van der Waals surface area contributed by atoms with E-state index in [0.29, 0.717) is 23.2 Å². The number of aromatic nitrogens is 3. The second-order valence-corrected chi connectivity index (χ2v) is 5.93. The zero-order valence-electron chi connectivity index (χ0n) is 11.1. The molecule has 100 valence electrons. The third-order valence-electron chi connectivity index (χ3n) is 2.51. The highest BCUT2D eigenvalue weighted by Gasteiger charge is 2.16. The van der Waals surface area contributed by atoms with Crippen molar-refractivity contribution in [3.63, 3.8) is 0 Å². The third kappa shape index (κ3) is 2.98. The van der Waals surface area contributed by atoms with E-state index in [1.54, 1.807) is 30.0 Å². The quantitative estimate of drug-likeness (QED) is 0.671. The maximum atomic E-state index is 9.93. The van der Waals surface area contributed by atoms with Crippen LogP contribution in [0.1, 0.15) is 13.8 Å². The Kier molecular flexibility index (Phi) is 4.27. The van der Waals surface area contributed by atoms with Gasteiger partial charge in [-0.25, -0.2) is 0 Å². The van der Waals surface area contributed by atoms with Crippen LogP contribution in [-0.2, 0) is 6.54 Å². The predicted octanol–water partition coefficient (Wildman–Crippen LogP) is 3.34. The molecule has 0 unspecified atom stereocenters. The van der Waals surface area contributed by atoms with Gasteiger partial charge in [-0.05, 0) is 12.1 Å². The van der Waals surface area contributed by atoms with Gasteiger partial charge in [-0.2, -0.15) is 0 Å². The molecule has 0 radical (unpaired) electrons. The Morgan fingerprint density at radius 3 is 2.74 bits per heavy atom. The molecule has 1 heterocycles. The molecule has 0 bridgehead atoms. The summed E-state index contributed by atoms with van der Waals surface area (Å²) in [5.41, 5.74) is 0.687. The molecule has 19 heavy (non-hydrogen) atoms. The number of hydrogen-bond acceptors (Lipinski definition) is 4. The molecule has 0 fully saturated rings. The van der Waals surface area contributed by atoms with Crippen molar-refractivity contribution < 1.29 is 5.11 Å². The molecule has 0 aliphatic rings. The molecule has 0 aliphatic heterocycles. The first kappa shape index (κ1) is 13.7. The summed E-state index contributed by atoms with van der Waals surface area (Å²) >= 11 is 1.65. The first-order valence-electron chi connectivity index (χ1n) is 6.12. The Balaban J connectivity index is 2.49. The number of rotatable bonds is 5. The predicted molar refractivity (Wildman–Crippen MR) is 78.3 cm³/mol. The number of para-hydroxylation sites is 1. The van der Waals surface area contributed by atoms with Gasteiger partial charge < -0.3 is 5.11 Å². The zero-order valence-corrected chi connectivity index (χ0v) is 11.9. The summed E-state index contributed by atoms with van der Waals surface area (Å²) in [5, 5.41) is 19.6. The van der Waals surface area contributed by atoms with Crippen molar-refractivity contribution in [3.05, 3.63) is 36.9 Å². The lowest BCUT2D eigenvalue weighted by Gasteiger charge is -2.09. The van der Waals surface area contributed by atoms with E-state index in [0.717, 1.165) is 5.16 Å². The minimum atomic E-state index is 0.210. The van der Waals surface area contributed by atoms with Crippen LogP contribution in [0.5, 0.6) is 5.75 Å². The van der Waals surface area contributed by atoms with Crippen LogP contribution in [0, 0.1) is 0 Å². The fourth-order valence-electron chi connectivity index (χ4n) is 1.74. The average Bonchev–Trinajstić information content (AvgIpc) is 2.73. The molecular formula is C14H17N3OS. The molecule has 2 aromatic rings. The summed E-state index contributed by atoms with van der Waals surface area (Å²) in [5.74, 6) is 0.877. The summed E-state index contributed by atoms with van der Waals surface area (Å²) in [4.78, 5) is 0. The monoisotopic (exact) mass is 275 g/mol. The summed E-state index contributed by atoms with van der Waals surface area (Å²) in [6, 6.07) is 7.15. The Morgan fingerprint density at radius 1 is 1.37 bits per heavy atom. The summed E-state index contributed by atoms with van der Waals surface area (Å²) in [6.07, 6.45) is 1.80. The minimum absolute atomic E-state index is 0.210. The van der Waals surface area contributed by atoms with Gasteiger partial charge in [0.2, 0.25) is 0 Å². The average molecular weight is 275 g/mol. The maximum Gasteiger partial charge on any atom is 0.192 e. The second-order valence-electron chi connectivity index (χ2n) is 4.39. The SMILES string of the molecule is C=CCn1c(SC(C)C)nnc1-c1ccccc1O. The van der Waals surface area contributed by atoms with Crippen molar-refractivity contribution in [2.75, 3.05) is 0 Å². The lowest BCUT2D eigenvalue weighted by Crippen LogP contribution is -2.02. The van der Waals surface area contributed by atoms with Crippen molar-refractivity contribution in [1.29, 1.82) is 0 Å². The van der Waals surface area contributed by atoms with Crippen molar-refractivity contribution >= 4 is 11.8 Å². The first-order chi connectivity index (χ1) is 9.13. The van der Waals surface area contributed by atoms with Crippen LogP contribution in [0.4, 0.5) is 0 Å². The summed E-state index contributed by atoms with van der Waals surface area (Å²) < 4.78 is 1.96. The lowest BCUT2D eigenvalue weighted by molar-refractivity contribution is 0.476. The molecular weight excluding hydrogens is 258 g/mol. The van der Waals surface area contributed by atoms with E-state index in [9.17, 15) is 5.11 Å². The number of thioether (sulfide) groups is 1. The Bertz CT molecular complexity index is 578. The van der Waals surface area contributed by atoms with Gasteiger partial charge in [-0.1, -0.05) is 43.8 Å². The van der Waals surface area contributed by atoms with Crippen molar-refractivity contribution in [2.24, 2.45) is 0 Å². The van der Waals surface area contributed by atoms with E-state index in [2.05, 4.69) is 30.6 Å². The van der Waals surface area contributed by atoms with E-state index >= 15 is 0 Å². The molecule has 0 atom stereocenters. The van der Waals surface area contributed by atoms with Gasteiger partial charge in [-0.3, -0.25) is 4.57 Å². The van der Waals surface area contributed by atoms with Crippen LogP contribution in [0.3, 0.4) is 0 Å². The van der Waals surface area contributed by atoms with Crippen molar-refractivity contribution in [1.82, 2.24) is 14.8 Å². The number of phenols is 1. The Morgan fingerprint density at radius 2 is 2.11 bits per heavy atom. The fraction of sp³-hybridized carbons (Fsp3) is 0.286. The van der Waals surface area contributed by atoms with Crippen molar-refractivity contribution in [2.45, 2.75) is 30.8 Å². The standard InChI is InChI=1S/C14H17N3OS/c1-4-9-17-13(11-7-5-6-8-12(11)18)15-16-14(17)19-10(2)3/h4-8,10,18H,1,9H2,2-3H3. The maximum absolute atomic E-state index is 9.93. The number of aromatic hydroxyl groups is 1. The molecule has 1 aromatic carbocycles. The van der Waals surface area contributed by atoms with Crippen LogP contribution < -0.4 is 0 Å². The molecule has 5 heteroatoms. The molecule has 1 aromatic heterocycles. The molecule has 0 saturated carbocycles. The highest BCUT2D eigenvalue weighted by molar-refractivity contribution is 7.99. The lowest BCUT2D eigenvalue weighted by atomic mass is 10.2. The Labute approximate surface area is 117 Å². The Hall–Kier alpha value is -1.75. The number of nitrogens with zero attached hydrogens (tertiary/aromatic N) is 3. The molecule has 1 N–H and O–H groups in total. The number of allylic oxidation sites excluding steroid dienone is 1. The summed E-state index contributed by atoms with van der Waals surface area (Å²) in [7, 11) is 0. The van der Waals surface area contributed by atoms with Crippen LogP contribution >= 0.6 is 11.8 Å². The first-order valence-corrected chi connectivity index (χ1v) is 7.00. The number of phenolic OH excluding ortho intramolecular Hbond substituents is 1. The number of hydrogen-bond donors (Lipinski definition) is 1. The van der Waals surface area contributed by atoms with Gasteiger partial charge in [0, 0.05) is 11.8 Å². The minimum Gasteiger partial charge on any atom is -0.507 e. The van der Waals surface area contributed by atoms with E-state index in [1.165, 1.54) is 0 Å². The van der Waals surface area contributed by atoms with Gasteiger partial charge in [0.15, 0.2) is 11.0 Å². The van der Waals surface area contributed by atoms with Gasteiger partial charge in [-0.15, -0.1) is 16.8 Å². The van der Waals surface area contributed by atoms with Crippen LogP contribution in [0.25, 0.3) is 11.4 Å². The van der Waals surface area contributed by atoms with Gasteiger partial charge >= 0.3 is 0 Å². The van der Waals surface area contributed by atoms with Gasteiger partial charge in [0.05, 0.1) is 5.56 Å². The molecule has 0 amide bonds. The second kappa shape index (κ2) is 5.93. The number of benzene rings is 1. The third-order valence-corrected chi connectivity index (χ3v) is 3.50. The smallest absolute Gasteiger partial charge is 0.192 e.